The van der Waals surface area contributed by atoms with Crippen LogP contribution < -0.4 is 0 Å². The summed E-state index contributed by atoms with van der Waals surface area (Å²) in [6.07, 6.45) is 3.10. The van der Waals surface area contributed by atoms with Gasteiger partial charge in [0.25, 0.3) is 0 Å². The van der Waals surface area contributed by atoms with Crippen LogP contribution >= 0.6 is 0 Å². The van der Waals surface area contributed by atoms with Gasteiger partial charge in [-0.05, 0) is 6.92 Å². The van der Waals surface area contributed by atoms with Crippen molar-refractivity contribution in [3.8, 4) is 0 Å². The summed E-state index contributed by atoms with van der Waals surface area (Å²) >= 11 is 0. The molecule has 0 spiro atoms. The minimum absolute atomic E-state index is 0.126. The van der Waals surface area contributed by atoms with Crippen LogP contribution in [0, 0.1) is 6.92 Å². The molecule has 4 heteroatoms. The van der Waals surface area contributed by atoms with E-state index in [-0.39, 0.29) is 6.17 Å². The van der Waals surface area contributed by atoms with Gasteiger partial charge in [0.1, 0.15) is 11.3 Å². The van der Waals surface area contributed by atoms with Gasteiger partial charge in [-0.1, -0.05) is 0 Å². The molecule has 0 fully saturated rings. The zero-order valence-corrected chi connectivity index (χ0v) is 5.94. The fourth-order valence-corrected chi connectivity index (χ4v) is 0.813. The summed E-state index contributed by atoms with van der Waals surface area (Å²) in [4.78, 5) is 15.8. The molecule has 2 aromatic heterocycles. The van der Waals surface area contributed by atoms with Gasteiger partial charge in [-0.3, -0.25) is 0 Å². The SMILES string of the molecule is [2H]c1cnc2cnc(C)nc2n1. The van der Waals surface area contributed by atoms with Gasteiger partial charge in [0.2, 0.25) is 0 Å². The normalized spacial score (nSPS) is 11.5. The second-order valence-corrected chi connectivity index (χ2v) is 2.13. The Morgan fingerprint density at radius 2 is 2.27 bits per heavy atom. The van der Waals surface area contributed by atoms with Crippen LogP contribution in [0.3, 0.4) is 0 Å². The summed E-state index contributed by atoms with van der Waals surface area (Å²) < 4.78 is 7.21. The number of rotatable bonds is 0. The Morgan fingerprint density at radius 1 is 1.36 bits per heavy atom. The largest absolute Gasteiger partial charge is 0.250 e. The molecule has 2 heterocycles. The Bertz CT molecular complexity index is 392. The number of hydrogen-bond acceptors (Lipinski definition) is 4. The molecule has 0 saturated heterocycles. The maximum Gasteiger partial charge on any atom is 0.181 e. The average Bonchev–Trinajstić information content (AvgIpc) is 2.03. The molecule has 0 bridgehead atoms. The molecule has 4 nitrogen and oxygen atoms in total. The van der Waals surface area contributed by atoms with Crippen LogP contribution in [0.2, 0.25) is 0 Å². The van der Waals surface area contributed by atoms with E-state index in [1.807, 2.05) is 0 Å². The van der Waals surface area contributed by atoms with Crippen molar-refractivity contribution >= 4 is 11.2 Å². The molecule has 0 atom stereocenters. The van der Waals surface area contributed by atoms with Crippen molar-refractivity contribution in [1.82, 2.24) is 19.9 Å². The van der Waals surface area contributed by atoms with Gasteiger partial charge < -0.3 is 0 Å². The van der Waals surface area contributed by atoms with Crippen LogP contribution in [0.5, 0.6) is 0 Å². The zero-order valence-electron chi connectivity index (χ0n) is 6.94. The minimum atomic E-state index is 0.126. The Kier molecular flexibility index (Phi) is 1.04. The fraction of sp³-hybridized carbons (Fsp3) is 0.143. The molecule has 0 aromatic carbocycles. The predicted octanol–water partition coefficient (Wildman–Crippen LogP) is 0.728. The number of fused-ring (bicyclic) bond motifs is 1. The lowest BCUT2D eigenvalue weighted by atomic mass is 10.5. The van der Waals surface area contributed by atoms with E-state index in [9.17, 15) is 0 Å². The lowest BCUT2D eigenvalue weighted by Crippen LogP contribution is -1.91. The van der Waals surface area contributed by atoms with Crippen molar-refractivity contribution in [3.05, 3.63) is 24.4 Å². The van der Waals surface area contributed by atoms with Gasteiger partial charge in [0, 0.05) is 12.4 Å². The number of nitrogens with zero attached hydrogens (tertiary/aromatic N) is 4. The van der Waals surface area contributed by atoms with Crippen LogP contribution in [0.1, 0.15) is 7.20 Å². The third-order valence-corrected chi connectivity index (χ3v) is 1.30. The molecule has 0 unspecified atom stereocenters. The Morgan fingerprint density at radius 3 is 3.18 bits per heavy atom. The molecule has 2 aromatic rings. The Hall–Kier alpha value is -1.58. The molecule has 0 N–H and O–H groups in total. The highest BCUT2D eigenvalue weighted by atomic mass is 15.0. The molecule has 0 amide bonds. The van der Waals surface area contributed by atoms with Crippen molar-refractivity contribution in [2.45, 2.75) is 6.92 Å². The van der Waals surface area contributed by atoms with Crippen LogP contribution in [-0.4, -0.2) is 19.9 Å². The van der Waals surface area contributed by atoms with E-state index < -0.39 is 0 Å². The zero-order chi connectivity index (χ0) is 8.55. The first-order valence-corrected chi connectivity index (χ1v) is 3.19. The van der Waals surface area contributed by atoms with Crippen molar-refractivity contribution in [1.29, 1.82) is 0 Å². The monoisotopic (exact) mass is 147 g/mol. The first-order valence-electron chi connectivity index (χ1n) is 3.69. The van der Waals surface area contributed by atoms with Crippen LogP contribution in [0.25, 0.3) is 11.2 Å². The van der Waals surface area contributed by atoms with Crippen LogP contribution in [0.15, 0.2) is 18.6 Å². The molecule has 0 aliphatic rings. The van der Waals surface area contributed by atoms with Gasteiger partial charge >= 0.3 is 0 Å². The van der Waals surface area contributed by atoms with E-state index in [2.05, 4.69) is 19.9 Å². The Labute approximate surface area is 64.8 Å². The topological polar surface area (TPSA) is 51.6 Å². The molecule has 0 aliphatic carbocycles. The van der Waals surface area contributed by atoms with Crippen molar-refractivity contribution in [2.75, 3.05) is 0 Å². The lowest BCUT2D eigenvalue weighted by molar-refractivity contribution is 1.06. The van der Waals surface area contributed by atoms with E-state index in [0.717, 1.165) is 0 Å². The van der Waals surface area contributed by atoms with Crippen LogP contribution in [-0.2, 0) is 0 Å². The average molecular weight is 147 g/mol. The quantitative estimate of drug-likeness (QED) is 0.551. The molecule has 0 saturated carbocycles. The van der Waals surface area contributed by atoms with Crippen molar-refractivity contribution in [2.24, 2.45) is 0 Å². The summed E-state index contributed by atoms with van der Waals surface area (Å²) in [6, 6.07) is 0. The highest BCUT2D eigenvalue weighted by Crippen LogP contribution is 2.01. The second-order valence-electron chi connectivity index (χ2n) is 2.13. The van der Waals surface area contributed by atoms with Gasteiger partial charge in [0.05, 0.1) is 7.57 Å². The predicted molar refractivity (Wildman–Crippen MR) is 39.9 cm³/mol. The Balaban J connectivity index is 2.80. The molecule has 0 aliphatic heterocycles. The first kappa shape index (κ1) is 5.12. The van der Waals surface area contributed by atoms with E-state index in [1.54, 1.807) is 13.1 Å². The van der Waals surface area contributed by atoms with Crippen molar-refractivity contribution in [3.63, 3.8) is 0 Å². The summed E-state index contributed by atoms with van der Waals surface area (Å²) in [5.74, 6) is 0.641. The number of aryl methyl sites for hydroxylation is 1. The molecule has 0 radical (unpaired) electrons. The summed E-state index contributed by atoms with van der Waals surface area (Å²) in [5, 5.41) is 0. The number of hydrogen-bond donors (Lipinski definition) is 0. The maximum absolute atomic E-state index is 7.21. The van der Waals surface area contributed by atoms with E-state index in [1.165, 1.54) is 6.20 Å². The summed E-state index contributed by atoms with van der Waals surface area (Å²) in [7, 11) is 0. The number of aromatic nitrogens is 4. The third kappa shape index (κ3) is 1.02. The summed E-state index contributed by atoms with van der Waals surface area (Å²) in [6.45, 7) is 1.78. The fourth-order valence-electron chi connectivity index (χ4n) is 0.813. The maximum atomic E-state index is 7.21. The van der Waals surface area contributed by atoms with E-state index in [0.29, 0.717) is 17.0 Å². The second kappa shape index (κ2) is 2.23. The lowest BCUT2D eigenvalue weighted by Gasteiger charge is -1.93. The molecule has 11 heavy (non-hydrogen) atoms. The van der Waals surface area contributed by atoms with Gasteiger partial charge in [0.15, 0.2) is 5.65 Å². The van der Waals surface area contributed by atoms with Gasteiger partial charge in [-0.2, -0.15) is 0 Å². The molecule has 2 rings (SSSR count). The molecular weight excluding hydrogens is 140 g/mol. The van der Waals surface area contributed by atoms with Crippen LogP contribution in [0.4, 0.5) is 0 Å². The first-order chi connectivity index (χ1) is 5.75. The van der Waals surface area contributed by atoms with E-state index >= 15 is 0 Å². The molecular formula is C7H6N4. The molecule has 54 valence electrons. The highest BCUT2D eigenvalue weighted by Gasteiger charge is 1.95. The minimum Gasteiger partial charge on any atom is -0.250 e. The van der Waals surface area contributed by atoms with E-state index in [4.69, 9.17) is 1.37 Å². The smallest absolute Gasteiger partial charge is 0.181 e. The van der Waals surface area contributed by atoms with Crippen molar-refractivity contribution < 1.29 is 1.37 Å². The van der Waals surface area contributed by atoms with Gasteiger partial charge in [-0.15, -0.1) is 0 Å². The highest BCUT2D eigenvalue weighted by molar-refractivity contribution is 5.67. The standard InChI is InChI=1S/C7H6N4/c1-5-10-4-6-7(11-5)9-3-2-8-6/h2-4H,1H3/i3D. The van der Waals surface area contributed by atoms with Gasteiger partial charge in [-0.25, -0.2) is 19.9 Å². The third-order valence-electron chi connectivity index (χ3n) is 1.30. The summed E-state index contributed by atoms with van der Waals surface area (Å²) in [5.41, 5.74) is 1.10.